The summed E-state index contributed by atoms with van der Waals surface area (Å²) >= 11 is 0. The number of hydrogen-bond donors (Lipinski definition) is 0. The van der Waals surface area contributed by atoms with Gasteiger partial charge in [0, 0.05) is 27.6 Å². The van der Waals surface area contributed by atoms with Crippen molar-refractivity contribution in [3.05, 3.63) is 0 Å². The minimum absolute atomic E-state index is 0.186. The van der Waals surface area contributed by atoms with Crippen LogP contribution in [-0.2, 0) is 28.5 Å². The Bertz CT molecular complexity index is 228. The van der Waals surface area contributed by atoms with Crippen LogP contribution in [0.4, 0.5) is 0 Å². The standard InChI is InChI=1S/C11H20O6/c1-9(12)17-10(8-15-3)4-5-11(13)16-7-6-14-2/h10H,4-8H2,1-3H3. The van der Waals surface area contributed by atoms with E-state index in [1.807, 2.05) is 0 Å². The van der Waals surface area contributed by atoms with Gasteiger partial charge in [-0.15, -0.1) is 0 Å². The zero-order chi connectivity index (χ0) is 13.1. The van der Waals surface area contributed by atoms with Crippen LogP contribution in [0.15, 0.2) is 0 Å². The number of ether oxygens (including phenoxy) is 4. The van der Waals surface area contributed by atoms with Crippen molar-refractivity contribution in [1.29, 1.82) is 0 Å². The fraction of sp³-hybridized carbons (Fsp3) is 0.818. The summed E-state index contributed by atoms with van der Waals surface area (Å²) in [5.41, 5.74) is 0. The Hall–Kier alpha value is -1.14. The molecule has 0 heterocycles. The molecule has 0 saturated heterocycles. The summed E-state index contributed by atoms with van der Waals surface area (Å²) in [4.78, 5) is 22.0. The van der Waals surface area contributed by atoms with Crippen LogP contribution in [0.1, 0.15) is 19.8 Å². The lowest BCUT2D eigenvalue weighted by Gasteiger charge is -2.15. The van der Waals surface area contributed by atoms with Crippen LogP contribution < -0.4 is 0 Å². The molecule has 0 aromatic heterocycles. The van der Waals surface area contributed by atoms with Gasteiger partial charge in [0.15, 0.2) is 0 Å². The van der Waals surface area contributed by atoms with Crippen molar-refractivity contribution in [3.63, 3.8) is 0 Å². The van der Waals surface area contributed by atoms with Crippen molar-refractivity contribution >= 4 is 11.9 Å². The minimum Gasteiger partial charge on any atom is -0.463 e. The second-order valence-electron chi connectivity index (χ2n) is 3.44. The molecule has 0 aliphatic heterocycles. The fourth-order valence-electron chi connectivity index (χ4n) is 1.19. The second kappa shape index (κ2) is 10.0. The van der Waals surface area contributed by atoms with Crippen molar-refractivity contribution in [2.75, 3.05) is 34.0 Å². The fourth-order valence-corrected chi connectivity index (χ4v) is 1.19. The average molecular weight is 248 g/mol. The van der Waals surface area contributed by atoms with E-state index in [9.17, 15) is 9.59 Å². The van der Waals surface area contributed by atoms with E-state index >= 15 is 0 Å². The van der Waals surface area contributed by atoms with Crippen molar-refractivity contribution in [1.82, 2.24) is 0 Å². The van der Waals surface area contributed by atoms with E-state index in [1.54, 1.807) is 0 Å². The van der Waals surface area contributed by atoms with Crippen LogP contribution in [0.5, 0.6) is 0 Å². The predicted molar refractivity (Wildman–Crippen MR) is 59.5 cm³/mol. The number of rotatable bonds is 9. The summed E-state index contributed by atoms with van der Waals surface area (Å²) in [6.07, 6.45) is 0.164. The van der Waals surface area contributed by atoms with Crippen molar-refractivity contribution in [2.24, 2.45) is 0 Å². The topological polar surface area (TPSA) is 71.1 Å². The lowest BCUT2D eigenvalue weighted by molar-refractivity contribution is -0.153. The van der Waals surface area contributed by atoms with Gasteiger partial charge in [0.05, 0.1) is 13.2 Å². The summed E-state index contributed by atoms with van der Waals surface area (Å²) in [7, 11) is 3.04. The number of hydrogen-bond acceptors (Lipinski definition) is 6. The van der Waals surface area contributed by atoms with Crippen molar-refractivity contribution < 1.29 is 28.5 Å². The molecule has 6 nitrogen and oxygen atoms in total. The van der Waals surface area contributed by atoms with E-state index in [2.05, 4.69) is 0 Å². The summed E-state index contributed by atoms with van der Waals surface area (Å²) in [5, 5.41) is 0. The average Bonchev–Trinajstić information content (AvgIpc) is 2.26. The Kier molecular flexibility index (Phi) is 9.37. The van der Waals surface area contributed by atoms with Crippen LogP contribution >= 0.6 is 0 Å². The molecule has 0 saturated carbocycles. The van der Waals surface area contributed by atoms with Crippen LogP contribution in [-0.4, -0.2) is 52.1 Å². The van der Waals surface area contributed by atoms with Crippen LogP contribution in [0.3, 0.4) is 0 Å². The normalized spacial score (nSPS) is 11.9. The Morgan fingerprint density at radius 2 is 1.82 bits per heavy atom. The van der Waals surface area contributed by atoms with Gasteiger partial charge in [-0.2, -0.15) is 0 Å². The molecule has 0 bridgehead atoms. The van der Waals surface area contributed by atoms with E-state index in [1.165, 1.54) is 21.1 Å². The Morgan fingerprint density at radius 3 is 2.35 bits per heavy atom. The molecule has 17 heavy (non-hydrogen) atoms. The maximum atomic E-state index is 11.3. The van der Waals surface area contributed by atoms with Gasteiger partial charge in [0.25, 0.3) is 0 Å². The summed E-state index contributed by atoms with van der Waals surface area (Å²) in [6, 6.07) is 0. The van der Waals surface area contributed by atoms with Crippen molar-refractivity contribution in [2.45, 2.75) is 25.9 Å². The number of esters is 2. The third-order valence-electron chi connectivity index (χ3n) is 1.91. The lowest BCUT2D eigenvalue weighted by Crippen LogP contribution is -2.23. The largest absolute Gasteiger partial charge is 0.463 e. The molecular weight excluding hydrogens is 228 g/mol. The molecule has 0 aromatic rings. The second-order valence-corrected chi connectivity index (χ2v) is 3.44. The van der Waals surface area contributed by atoms with Crippen molar-refractivity contribution in [3.8, 4) is 0 Å². The van der Waals surface area contributed by atoms with Gasteiger partial charge >= 0.3 is 11.9 Å². The summed E-state index contributed by atoms with van der Waals surface area (Å²) in [6.45, 7) is 2.19. The summed E-state index contributed by atoms with van der Waals surface area (Å²) < 4.78 is 19.5. The smallest absolute Gasteiger partial charge is 0.306 e. The van der Waals surface area contributed by atoms with E-state index in [4.69, 9.17) is 18.9 Å². The van der Waals surface area contributed by atoms with E-state index in [0.717, 1.165) is 0 Å². The van der Waals surface area contributed by atoms with Gasteiger partial charge in [-0.25, -0.2) is 0 Å². The summed E-state index contributed by atoms with van der Waals surface area (Å²) in [5.74, 6) is -0.727. The third kappa shape index (κ3) is 9.77. The maximum Gasteiger partial charge on any atom is 0.306 e. The van der Waals surface area contributed by atoms with Gasteiger partial charge in [0.1, 0.15) is 12.7 Å². The Balaban J connectivity index is 3.78. The molecule has 6 heteroatoms. The molecule has 0 spiro atoms. The zero-order valence-corrected chi connectivity index (χ0v) is 10.6. The quantitative estimate of drug-likeness (QED) is 0.438. The van der Waals surface area contributed by atoms with E-state index < -0.39 is 6.10 Å². The monoisotopic (exact) mass is 248 g/mol. The first-order valence-electron chi connectivity index (χ1n) is 5.40. The van der Waals surface area contributed by atoms with Gasteiger partial charge in [0.2, 0.25) is 0 Å². The molecular formula is C11H20O6. The van der Waals surface area contributed by atoms with Crippen LogP contribution in [0.2, 0.25) is 0 Å². The van der Waals surface area contributed by atoms with E-state index in [-0.39, 0.29) is 31.6 Å². The molecule has 0 aliphatic rings. The van der Waals surface area contributed by atoms with Gasteiger partial charge in [-0.3, -0.25) is 9.59 Å². The predicted octanol–water partition coefficient (Wildman–Crippen LogP) is 0.534. The highest BCUT2D eigenvalue weighted by Gasteiger charge is 2.14. The Labute approximate surface area is 101 Å². The highest BCUT2D eigenvalue weighted by molar-refractivity contribution is 5.69. The molecule has 0 N–H and O–H groups in total. The molecule has 0 rings (SSSR count). The Morgan fingerprint density at radius 1 is 1.12 bits per heavy atom. The molecule has 1 atom stereocenters. The first-order valence-corrected chi connectivity index (χ1v) is 5.40. The molecule has 0 aromatic carbocycles. The SMILES string of the molecule is COCCOC(=O)CCC(COC)OC(C)=O. The zero-order valence-electron chi connectivity index (χ0n) is 10.6. The molecule has 0 amide bonds. The number of carbonyl (C=O) groups excluding carboxylic acids is 2. The maximum absolute atomic E-state index is 11.3. The van der Waals surface area contributed by atoms with Crippen LogP contribution in [0, 0.1) is 0 Å². The molecule has 1 unspecified atom stereocenters. The third-order valence-corrected chi connectivity index (χ3v) is 1.91. The molecule has 0 aliphatic carbocycles. The highest BCUT2D eigenvalue weighted by Crippen LogP contribution is 2.05. The number of methoxy groups -OCH3 is 2. The van der Waals surface area contributed by atoms with Gasteiger partial charge in [-0.1, -0.05) is 0 Å². The molecule has 0 fully saturated rings. The number of carbonyl (C=O) groups is 2. The first kappa shape index (κ1) is 15.9. The van der Waals surface area contributed by atoms with Gasteiger partial charge in [-0.05, 0) is 6.42 Å². The molecule has 100 valence electrons. The highest BCUT2D eigenvalue weighted by atomic mass is 16.6. The van der Waals surface area contributed by atoms with Gasteiger partial charge < -0.3 is 18.9 Å². The molecule has 0 radical (unpaired) electrons. The first-order chi connectivity index (χ1) is 8.10. The van der Waals surface area contributed by atoms with E-state index in [0.29, 0.717) is 13.0 Å². The minimum atomic E-state index is -0.410. The van der Waals surface area contributed by atoms with Crippen LogP contribution in [0.25, 0.3) is 0 Å². The lowest BCUT2D eigenvalue weighted by atomic mass is 10.2.